The van der Waals surface area contributed by atoms with Gasteiger partial charge in [-0.25, -0.2) is 14.8 Å². The molecule has 10 nitrogen and oxygen atoms in total. The molecule has 2 rings (SSSR count). The number of nitrogens with zero attached hydrogens (tertiary/aromatic N) is 2. The third kappa shape index (κ3) is 2.49. The summed E-state index contributed by atoms with van der Waals surface area (Å²) in [7, 11) is 0. The Morgan fingerprint density at radius 3 is 2.65 bits per heavy atom. The number of nitrogens with one attached hydrogen (secondary N) is 1. The zero-order valence-electron chi connectivity index (χ0n) is 10.2. The fourth-order valence-corrected chi connectivity index (χ4v) is 1.87. The molecular formula is C10H14N4O6. The summed E-state index contributed by atoms with van der Waals surface area (Å²) in [5, 5.41) is 39.9. The predicted molar refractivity (Wildman–Crippen MR) is 64.8 cm³/mol. The van der Waals surface area contributed by atoms with E-state index in [-0.39, 0.29) is 17.2 Å². The molecular weight excluding hydrogens is 272 g/mol. The summed E-state index contributed by atoms with van der Waals surface area (Å²) in [6, 6.07) is 0. The standard InChI is InChI=1S/C10H14N4O6/c11-7-4(10(18)19)8(13-2-12-7)14-9-6(17)5(16)3(1-15)20-9/h2-3,5-6,9,15-17H,1H2,(H,18,19)(H3,11,12,13,14)/t3-,5-,6-,9-/m1/s1. The van der Waals surface area contributed by atoms with Crippen LogP contribution in [0.25, 0.3) is 0 Å². The molecule has 110 valence electrons. The third-order valence-corrected chi connectivity index (χ3v) is 2.91. The number of aromatic nitrogens is 2. The molecule has 1 aliphatic heterocycles. The van der Waals surface area contributed by atoms with Crippen LogP contribution in [0.15, 0.2) is 6.33 Å². The van der Waals surface area contributed by atoms with E-state index < -0.39 is 37.1 Å². The highest BCUT2D eigenvalue weighted by molar-refractivity contribution is 5.97. The monoisotopic (exact) mass is 286 g/mol. The first-order valence-electron chi connectivity index (χ1n) is 5.68. The number of carboxylic acids is 1. The van der Waals surface area contributed by atoms with Gasteiger partial charge in [0.05, 0.1) is 6.61 Å². The predicted octanol–water partition coefficient (Wildman–Crippen LogP) is -2.39. The molecule has 1 saturated heterocycles. The molecule has 1 aromatic rings. The quantitative estimate of drug-likeness (QED) is 0.350. The maximum atomic E-state index is 11.1. The fourth-order valence-electron chi connectivity index (χ4n) is 1.87. The van der Waals surface area contributed by atoms with Gasteiger partial charge in [0, 0.05) is 0 Å². The van der Waals surface area contributed by atoms with Crippen molar-refractivity contribution in [3.63, 3.8) is 0 Å². The Morgan fingerprint density at radius 2 is 2.10 bits per heavy atom. The van der Waals surface area contributed by atoms with Gasteiger partial charge in [0.15, 0.2) is 6.23 Å². The van der Waals surface area contributed by atoms with Gasteiger partial charge in [-0.2, -0.15) is 0 Å². The van der Waals surface area contributed by atoms with E-state index in [1.165, 1.54) is 0 Å². The van der Waals surface area contributed by atoms with E-state index in [9.17, 15) is 15.0 Å². The van der Waals surface area contributed by atoms with E-state index in [1.807, 2.05) is 0 Å². The highest BCUT2D eigenvalue weighted by atomic mass is 16.6. The smallest absolute Gasteiger partial charge is 0.343 e. The molecule has 2 heterocycles. The van der Waals surface area contributed by atoms with Crippen molar-refractivity contribution < 1.29 is 30.0 Å². The maximum Gasteiger partial charge on any atom is 0.343 e. The van der Waals surface area contributed by atoms with Crippen molar-refractivity contribution in [1.82, 2.24) is 9.97 Å². The van der Waals surface area contributed by atoms with Crippen molar-refractivity contribution in [2.75, 3.05) is 17.7 Å². The number of carboxylic acid groups (broad SMARTS) is 1. The second-order valence-electron chi connectivity index (χ2n) is 4.19. The van der Waals surface area contributed by atoms with Gasteiger partial charge < -0.3 is 36.2 Å². The Bertz CT molecular complexity index is 513. The van der Waals surface area contributed by atoms with E-state index >= 15 is 0 Å². The molecule has 4 atom stereocenters. The van der Waals surface area contributed by atoms with Crippen LogP contribution in [0.1, 0.15) is 10.4 Å². The lowest BCUT2D eigenvalue weighted by Gasteiger charge is -2.18. The van der Waals surface area contributed by atoms with Crippen molar-refractivity contribution in [2.45, 2.75) is 24.5 Å². The summed E-state index contributed by atoms with van der Waals surface area (Å²) in [6.45, 7) is -0.492. The average molecular weight is 286 g/mol. The van der Waals surface area contributed by atoms with Gasteiger partial charge in [-0.1, -0.05) is 0 Å². The largest absolute Gasteiger partial charge is 0.477 e. The van der Waals surface area contributed by atoms with E-state index in [4.69, 9.17) is 20.7 Å². The number of aliphatic hydroxyl groups excluding tert-OH is 3. The first-order valence-corrected chi connectivity index (χ1v) is 5.68. The fraction of sp³-hybridized carbons (Fsp3) is 0.500. The number of aromatic carboxylic acids is 1. The molecule has 1 fully saturated rings. The molecule has 0 unspecified atom stereocenters. The van der Waals surface area contributed by atoms with Crippen LogP contribution >= 0.6 is 0 Å². The van der Waals surface area contributed by atoms with Gasteiger partial charge >= 0.3 is 5.97 Å². The summed E-state index contributed by atoms with van der Waals surface area (Å²) in [5.74, 6) is -1.75. The van der Waals surface area contributed by atoms with E-state index in [2.05, 4.69) is 15.3 Å². The molecule has 0 bridgehead atoms. The summed E-state index contributed by atoms with van der Waals surface area (Å²) in [6.07, 6.45) is -3.72. The van der Waals surface area contributed by atoms with E-state index in [0.29, 0.717) is 0 Å². The Hall–Kier alpha value is -2.01. The first kappa shape index (κ1) is 14.4. The third-order valence-electron chi connectivity index (χ3n) is 2.91. The number of rotatable bonds is 4. The SMILES string of the molecule is Nc1ncnc(N[C@@H]2O[C@H](CO)[C@@H](O)[C@H]2O)c1C(=O)O. The highest BCUT2D eigenvalue weighted by Gasteiger charge is 2.43. The lowest BCUT2D eigenvalue weighted by Crippen LogP contribution is -2.37. The van der Waals surface area contributed by atoms with Gasteiger partial charge in [-0.15, -0.1) is 0 Å². The van der Waals surface area contributed by atoms with E-state index in [1.54, 1.807) is 0 Å². The number of nitrogen functional groups attached to an aromatic ring is 1. The summed E-state index contributed by atoms with van der Waals surface area (Å²) in [4.78, 5) is 18.4. The van der Waals surface area contributed by atoms with Crippen LogP contribution in [0, 0.1) is 0 Å². The molecule has 7 N–H and O–H groups in total. The zero-order valence-corrected chi connectivity index (χ0v) is 10.2. The van der Waals surface area contributed by atoms with Crippen LogP contribution in [0.5, 0.6) is 0 Å². The zero-order chi connectivity index (χ0) is 14.9. The van der Waals surface area contributed by atoms with Crippen LogP contribution in [-0.4, -0.2) is 67.5 Å². The van der Waals surface area contributed by atoms with Crippen LogP contribution in [0.3, 0.4) is 0 Å². The molecule has 20 heavy (non-hydrogen) atoms. The first-order chi connectivity index (χ1) is 9.45. The van der Waals surface area contributed by atoms with Gasteiger partial charge in [0.2, 0.25) is 0 Å². The lowest BCUT2D eigenvalue weighted by molar-refractivity contribution is -0.0154. The molecule has 1 aliphatic rings. The number of carbonyl (C=O) groups is 1. The second kappa shape index (κ2) is 5.54. The van der Waals surface area contributed by atoms with Crippen molar-refractivity contribution in [2.24, 2.45) is 0 Å². The Labute approximate surface area is 112 Å². The molecule has 0 aromatic carbocycles. The topological polar surface area (TPSA) is 171 Å². The van der Waals surface area contributed by atoms with Crippen LogP contribution < -0.4 is 11.1 Å². The van der Waals surface area contributed by atoms with Gasteiger partial charge in [-0.3, -0.25) is 0 Å². The van der Waals surface area contributed by atoms with E-state index in [0.717, 1.165) is 6.33 Å². The van der Waals surface area contributed by atoms with Gasteiger partial charge in [0.1, 0.15) is 41.8 Å². The maximum absolute atomic E-state index is 11.1. The molecule has 1 aromatic heterocycles. The molecule has 0 radical (unpaired) electrons. The number of ether oxygens (including phenoxy) is 1. The average Bonchev–Trinajstić information content (AvgIpc) is 2.66. The van der Waals surface area contributed by atoms with Gasteiger partial charge in [-0.05, 0) is 0 Å². The summed E-state index contributed by atoms with van der Waals surface area (Å²) in [5.41, 5.74) is 5.08. The Kier molecular flexibility index (Phi) is 3.99. The number of hydrogen-bond acceptors (Lipinski definition) is 9. The van der Waals surface area contributed by atoms with Crippen molar-refractivity contribution in [3.8, 4) is 0 Å². The van der Waals surface area contributed by atoms with Gasteiger partial charge in [0.25, 0.3) is 0 Å². The minimum atomic E-state index is -1.36. The summed E-state index contributed by atoms with van der Waals surface area (Å²) >= 11 is 0. The molecule has 0 aliphatic carbocycles. The second-order valence-corrected chi connectivity index (χ2v) is 4.19. The van der Waals surface area contributed by atoms with Crippen molar-refractivity contribution in [3.05, 3.63) is 11.9 Å². The molecule has 0 saturated carbocycles. The minimum Gasteiger partial charge on any atom is -0.477 e. The number of nitrogens with two attached hydrogens (primary N) is 1. The number of anilines is 2. The van der Waals surface area contributed by atoms with Crippen LogP contribution in [0.2, 0.25) is 0 Å². The normalized spacial score (nSPS) is 29.4. The molecule has 10 heteroatoms. The van der Waals surface area contributed by atoms with Crippen LogP contribution in [0.4, 0.5) is 11.6 Å². The molecule has 0 spiro atoms. The summed E-state index contributed by atoms with van der Waals surface area (Å²) < 4.78 is 5.16. The number of aliphatic hydroxyl groups is 3. The number of hydrogen-bond donors (Lipinski definition) is 6. The Balaban J connectivity index is 2.23. The minimum absolute atomic E-state index is 0.153. The lowest BCUT2D eigenvalue weighted by atomic mass is 10.1. The Morgan fingerprint density at radius 1 is 1.40 bits per heavy atom. The highest BCUT2D eigenvalue weighted by Crippen LogP contribution is 2.25. The van der Waals surface area contributed by atoms with Crippen molar-refractivity contribution in [1.29, 1.82) is 0 Å². The molecule has 0 amide bonds. The van der Waals surface area contributed by atoms with Crippen molar-refractivity contribution >= 4 is 17.6 Å². The van der Waals surface area contributed by atoms with Crippen LogP contribution in [-0.2, 0) is 4.74 Å².